The number of nitrogens with zero attached hydrogens (tertiary/aromatic N) is 1. The van der Waals surface area contributed by atoms with Crippen molar-refractivity contribution in [1.29, 1.82) is 0 Å². The number of likely N-dealkylation sites (N-methyl/N-ethyl adjacent to an activating group) is 1. The predicted molar refractivity (Wildman–Crippen MR) is 79.9 cm³/mol. The van der Waals surface area contributed by atoms with E-state index in [1.165, 1.54) is 0 Å². The molecular weight excluding hydrogens is 290 g/mol. The van der Waals surface area contributed by atoms with Crippen LogP contribution in [0.1, 0.15) is 38.8 Å². The minimum atomic E-state index is -3.26. The zero-order valence-corrected chi connectivity index (χ0v) is 13.4. The molecule has 21 heavy (non-hydrogen) atoms. The second kappa shape index (κ2) is 5.42. The van der Waals surface area contributed by atoms with Gasteiger partial charge < -0.3 is 5.11 Å². The van der Waals surface area contributed by atoms with Gasteiger partial charge in [-0.25, -0.2) is 8.42 Å². The number of carboxylic acid groups (broad SMARTS) is 1. The summed E-state index contributed by atoms with van der Waals surface area (Å²) < 4.78 is 24.4. The molecule has 1 N–H and O–H groups in total. The number of fused-ring (bicyclic) bond motifs is 1. The lowest BCUT2D eigenvalue weighted by Gasteiger charge is -2.42. The van der Waals surface area contributed by atoms with Gasteiger partial charge >= 0.3 is 5.97 Å². The summed E-state index contributed by atoms with van der Waals surface area (Å²) in [5.74, 6) is -0.851. The highest BCUT2D eigenvalue weighted by Crippen LogP contribution is 2.38. The molecule has 0 spiro atoms. The van der Waals surface area contributed by atoms with Gasteiger partial charge in [0.1, 0.15) is 5.54 Å². The first-order chi connectivity index (χ1) is 9.71. The number of hydrogen-bond donors (Lipinski definition) is 1. The normalized spacial score (nSPS) is 21.0. The van der Waals surface area contributed by atoms with Crippen molar-refractivity contribution >= 4 is 15.8 Å². The van der Waals surface area contributed by atoms with E-state index in [-0.39, 0.29) is 11.8 Å². The maximum Gasteiger partial charge on any atom is 0.323 e. The summed E-state index contributed by atoms with van der Waals surface area (Å²) in [5.41, 5.74) is -0.340. The minimum Gasteiger partial charge on any atom is -0.480 e. The van der Waals surface area contributed by atoms with Crippen LogP contribution >= 0.6 is 0 Å². The number of sulfone groups is 1. The van der Waals surface area contributed by atoms with Gasteiger partial charge in [0.05, 0.1) is 10.6 Å². The highest BCUT2D eigenvalue weighted by molar-refractivity contribution is 7.91. The van der Waals surface area contributed by atoms with Crippen molar-refractivity contribution in [2.45, 2.75) is 43.7 Å². The molecule has 0 amide bonds. The molecule has 6 heteroatoms. The Labute approximate surface area is 125 Å². The van der Waals surface area contributed by atoms with Gasteiger partial charge in [-0.15, -0.1) is 0 Å². The topological polar surface area (TPSA) is 74.7 Å². The first-order valence-corrected chi connectivity index (χ1v) is 8.69. The van der Waals surface area contributed by atoms with Gasteiger partial charge in [0.2, 0.25) is 0 Å². The number of carbonyl (C=O) groups is 1. The van der Waals surface area contributed by atoms with Crippen LogP contribution in [0.4, 0.5) is 0 Å². The largest absolute Gasteiger partial charge is 0.480 e. The van der Waals surface area contributed by atoms with E-state index in [2.05, 4.69) is 0 Å². The highest BCUT2D eigenvalue weighted by atomic mass is 32.2. The van der Waals surface area contributed by atoms with Crippen molar-refractivity contribution in [3.63, 3.8) is 0 Å². The van der Waals surface area contributed by atoms with Gasteiger partial charge in [0, 0.05) is 6.04 Å². The second-order valence-corrected chi connectivity index (χ2v) is 7.89. The molecule has 0 saturated carbocycles. The van der Waals surface area contributed by atoms with Gasteiger partial charge in [-0.05, 0) is 38.4 Å². The van der Waals surface area contributed by atoms with Crippen molar-refractivity contribution in [2.75, 3.05) is 12.3 Å². The van der Waals surface area contributed by atoms with Crippen LogP contribution in [0.15, 0.2) is 29.2 Å². The molecule has 1 atom stereocenters. The average molecular weight is 311 g/mol. The number of carboxylic acids is 1. The van der Waals surface area contributed by atoms with Crippen molar-refractivity contribution < 1.29 is 18.3 Å². The van der Waals surface area contributed by atoms with Crippen molar-refractivity contribution in [3.05, 3.63) is 29.8 Å². The third kappa shape index (κ3) is 2.70. The quantitative estimate of drug-likeness (QED) is 0.921. The van der Waals surface area contributed by atoms with Gasteiger partial charge in [0.25, 0.3) is 0 Å². The molecule has 1 aliphatic rings. The van der Waals surface area contributed by atoms with Crippen LogP contribution in [0.5, 0.6) is 0 Å². The number of aliphatic carboxylic acids is 1. The van der Waals surface area contributed by atoms with Gasteiger partial charge in [-0.3, -0.25) is 9.69 Å². The molecular formula is C15H21NO4S. The molecule has 1 unspecified atom stereocenters. The highest BCUT2D eigenvalue weighted by Gasteiger charge is 2.42. The number of hydrogen-bond acceptors (Lipinski definition) is 4. The maximum absolute atomic E-state index is 12.2. The summed E-state index contributed by atoms with van der Waals surface area (Å²) in [4.78, 5) is 13.7. The van der Waals surface area contributed by atoms with E-state index >= 15 is 0 Å². The van der Waals surface area contributed by atoms with E-state index < -0.39 is 21.3 Å². The van der Waals surface area contributed by atoms with Gasteiger partial charge in [-0.2, -0.15) is 0 Å². The molecule has 5 nitrogen and oxygen atoms in total. The summed E-state index contributed by atoms with van der Waals surface area (Å²) in [6, 6.07) is 6.71. The molecule has 2 rings (SSSR count). The maximum atomic E-state index is 12.2. The van der Waals surface area contributed by atoms with E-state index in [0.29, 0.717) is 23.4 Å². The monoisotopic (exact) mass is 311 g/mol. The average Bonchev–Trinajstić information content (AvgIpc) is 2.42. The van der Waals surface area contributed by atoms with Gasteiger partial charge in [-0.1, -0.05) is 25.1 Å². The van der Waals surface area contributed by atoms with E-state index in [4.69, 9.17) is 0 Å². The Morgan fingerprint density at radius 1 is 1.38 bits per heavy atom. The molecule has 1 heterocycles. The molecule has 0 bridgehead atoms. The van der Waals surface area contributed by atoms with Crippen LogP contribution in [-0.2, 0) is 14.6 Å². The van der Waals surface area contributed by atoms with Crippen LogP contribution in [0.2, 0.25) is 0 Å². The van der Waals surface area contributed by atoms with Crippen molar-refractivity contribution in [1.82, 2.24) is 4.90 Å². The molecule has 1 aromatic rings. The molecule has 1 aliphatic heterocycles. The Hall–Kier alpha value is -1.40. The van der Waals surface area contributed by atoms with Crippen LogP contribution in [0.25, 0.3) is 0 Å². The fraction of sp³-hybridized carbons (Fsp3) is 0.533. The van der Waals surface area contributed by atoms with Crippen LogP contribution in [0.3, 0.4) is 0 Å². The molecule has 0 fully saturated rings. The van der Waals surface area contributed by atoms with Crippen molar-refractivity contribution in [3.8, 4) is 0 Å². The predicted octanol–water partition coefficient (Wildman–Crippen LogP) is 2.09. The SMILES string of the molecule is CCN(C1CCS(=O)(=O)c2ccccc21)C(C)(C)C(=O)O. The Bertz CT molecular complexity index is 651. The summed E-state index contributed by atoms with van der Waals surface area (Å²) in [5, 5.41) is 9.46. The number of benzene rings is 1. The fourth-order valence-electron chi connectivity index (χ4n) is 3.02. The first kappa shape index (κ1) is 16.0. The molecule has 0 aliphatic carbocycles. The van der Waals surface area contributed by atoms with Crippen molar-refractivity contribution in [2.24, 2.45) is 0 Å². The zero-order chi connectivity index (χ0) is 15.8. The molecule has 1 aromatic carbocycles. The first-order valence-electron chi connectivity index (χ1n) is 7.03. The minimum absolute atomic E-state index is 0.0564. The third-order valence-electron chi connectivity index (χ3n) is 4.23. The van der Waals surface area contributed by atoms with E-state index in [1.807, 2.05) is 11.8 Å². The van der Waals surface area contributed by atoms with Gasteiger partial charge in [0.15, 0.2) is 9.84 Å². The lowest BCUT2D eigenvalue weighted by molar-refractivity contribution is -0.151. The zero-order valence-electron chi connectivity index (χ0n) is 12.5. The van der Waals surface area contributed by atoms with Crippen LogP contribution in [0, 0.1) is 0 Å². The summed E-state index contributed by atoms with van der Waals surface area (Å²) in [7, 11) is -3.26. The van der Waals surface area contributed by atoms with Crippen LogP contribution in [-0.4, -0.2) is 42.2 Å². The summed E-state index contributed by atoms with van der Waals surface area (Å²) in [6.45, 7) is 5.75. The second-order valence-electron chi connectivity index (χ2n) is 5.81. The Morgan fingerprint density at radius 2 is 2.00 bits per heavy atom. The summed E-state index contributed by atoms with van der Waals surface area (Å²) >= 11 is 0. The lowest BCUT2D eigenvalue weighted by Crippen LogP contribution is -2.52. The standard InChI is InChI=1S/C15H21NO4S/c1-4-16(15(2,3)14(17)18)12-9-10-21(19,20)13-8-6-5-7-11(12)13/h5-8,12H,4,9-10H2,1-3H3,(H,17,18). The number of rotatable bonds is 4. The molecule has 116 valence electrons. The fourth-order valence-corrected chi connectivity index (χ4v) is 4.63. The Kier molecular flexibility index (Phi) is 4.13. The smallest absolute Gasteiger partial charge is 0.323 e. The van der Waals surface area contributed by atoms with Crippen LogP contribution < -0.4 is 0 Å². The van der Waals surface area contributed by atoms with E-state index in [9.17, 15) is 18.3 Å². The lowest BCUT2D eigenvalue weighted by atomic mass is 9.94. The Morgan fingerprint density at radius 3 is 2.57 bits per heavy atom. The van der Waals surface area contributed by atoms with E-state index in [1.54, 1.807) is 38.1 Å². The third-order valence-corrected chi connectivity index (χ3v) is 6.05. The van der Waals surface area contributed by atoms with E-state index in [0.717, 1.165) is 0 Å². The molecule has 0 aromatic heterocycles. The molecule has 0 radical (unpaired) electrons. The summed E-state index contributed by atoms with van der Waals surface area (Å²) in [6.07, 6.45) is 0.421. The molecule has 0 saturated heterocycles. The Balaban J connectivity index is 2.53.